The van der Waals surface area contributed by atoms with E-state index in [1.54, 1.807) is 11.3 Å². The van der Waals surface area contributed by atoms with Crippen molar-refractivity contribution in [3.63, 3.8) is 0 Å². The molecule has 2 fully saturated rings. The average molecular weight is 421 g/mol. The summed E-state index contributed by atoms with van der Waals surface area (Å²) in [5, 5.41) is 10.4. The van der Waals surface area contributed by atoms with Gasteiger partial charge < -0.3 is 10.0 Å². The summed E-state index contributed by atoms with van der Waals surface area (Å²) in [6.07, 6.45) is -1.85. The quantitative estimate of drug-likeness (QED) is 0.755. The van der Waals surface area contributed by atoms with E-state index in [0.29, 0.717) is 11.9 Å². The maximum absolute atomic E-state index is 12.6. The molecule has 10 heteroatoms. The van der Waals surface area contributed by atoms with Crippen LogP contribution in [0.25, 0.3) is 0 Å². The Morgan fingerprint density at radius 3 is 2.54 bits per heavy atom. The Morgan fingerprint density at radius 2 is 2.07 bits per heavy atom. The van der Waals surface area contributed by atoms with Crippen LogP contribution in [0.2, 0.25) is 0 Å². The van der Waals surface area contributed by atoms with Crippen molar-refractivity contribution in [3.8, 4) is 0 Å². The summed E-state index contributed by atoms with van der Waals surface area (Å²) in [7, 11) is 0. The van der Waals surface area contributed by atoms with E-state index in [1.165, 1.54) is 0 Å². The van der Waals surface area contributed by atoms with Crippen molar-refractivity contribution < 1.29 is 27.9 Å². The number of aromatic nitrogens is 1. The Labute approximate surface area is 166 Å². The molecule has 0 bridgehead atoms. The molecule has 1 aromatic rings. The first-order chi connectivity index (χ1) is 13.0. The number of hydrogen-bond donors (Lipinski definition) is 1. The molecular weight excluding hydrogens is 395 g/mol. The number of alkyl halides is 3. The summed E-state index contributed by atoms with van der Waals surface area (Å²) < 4.78 is 31.7. The first kappa shape index (κ1) is 22.6. The highest BCUT2D eigenvalue weighted by atomic mass is 32.1. The number of thiazole rings is 1. The van der Waals surface area contributed by atoms with E-state index in [4.69, 9.17) is 9.90 Å². The summed E-state index contributed by atoms with van der Waals surface area (Å²) in [5.74, 6) is -2.37. The molecule has 2 aliphatic heterocycles. The average Bonchev–Trinajstić information content (AvgIpc) is 3.03. The minimum atomic E-state index is -5.08. The minimum Gasteiger partial charge on any atom is -0.475 e. The van der Waals surface area contributed by atoms with Crippen LogP contribution in [0.1, 0.15) is 43.8 Å². The van der Waals surface area contributed by atoms with Gasteiger partial charge in [-0.15, -0.1) is 11.3 Å². The fourth-order valence-corrected chi connectivity index (χ4v) is 4.23. The molecule has 2 atom stereocenters. The summed E-state index contributed by atoms with van der Waals surface area (Å²) >= 11 is 1.71. The van der Waals surface area contributed by atoms with Crippen LogP contribution in [-0.4, -0.2) is 63.6 Å². The molecule has 3 heterocycles. The maximum Gasteiger partial charge on any atom is 0.490 e. The third-order valence-corrected chi connectivity index (χ3v) is 6.08. The highest BCUT2D eigenvalue weighted by Gasteiger charge is 2.54. The van der Waals surface area contributed by atoms with Gasteiger partial charge in [0.05, 0.1) is 16.1 Å². The van der Waals surface area contributed by atoms with Crippen molar-refractivity contribution in [2.75, 3.05) is 19.6 Å². The lowest BCUT2D eigenvalue weighted by Gasteiger charge is -2.55. The van der Waals surface area contributed by atoms with Crippen molar-refractivity contribution in [1.29, 1.82) is 0 Å². The number of carbonyl (C=O) groups is 2. The van der Waals surface area contributed by atoms with Crippen molar-refractivity contribution >= 4 is 23.2 Å². The van der Waals surface area contributed by atoms with Crippen LogP contribution >= 0.6 is 11.3 Å². The van der Waals surface area contributed by atoms with Crippen LogP contribution in [0, 0.1) is 12.3 Å². The molecule has 1 amide bonds. The number of piperidine rings is 1. The smallest absolute Gasteiger partial charge is 0.475 e. The van der Waals surface area contributed by atoms with Gasteiger partial charge in [0.1, 0.15) is 0 Å². The topological polar surface area (TPSA) is 73.7 Å². The number of carboxylic acids is 1. The Hall–Kier alpha value is -1.68. The van der Waals surface area contributed by atoms with Gasteiger partial charge in [-0.05, 0) is 39.7 Å². The number of carbonyl (C=O) groups excluding carboxylic acids is 1. The van der Waals surface area contributed by atoms with Gasteiger partial charge in [0.2, 0.25) is 5.91 Å². The van der Waals surface area contributed by atoms with Crippen LogP contribution in [-0.2, 0) is 16.1 Å². The highest BCUT2D eigenvalue weighted by molar-refractivity contribution is 7.09. The summed E-state index contributed by atoms with van der Waals surface area (Å²) in [5.41, 5.74) is 1.06. The van der Waals surface area contributed by atoms with Crippen LogP contribution in [0.3, 0.4) is 0 Å². The largest absolute Gasteiger partial charge is 0.490 e. The SMILES string of the molecule is CCC(C)N1CC2(CCCN(Cc3csc(C)n3)C2)C1=O.O=C(O)C(F)(F)F. The number of nitrogens with zero attached hydrogens (tertiary/aromatic N) is 3. The molecule has 1 aromatic heterocycles. The lowest BCUT2D eigenvalue weighted by molar-refractivity contribution is -0.192. The Bertz CT molecular complexity index is 710. The molecule has 0 saturated carbocycles. The van der Waals surface area contributed by atoms with Gasteiger partial charge in [0, 0.05) is 31.1 Å². The Kier molecular flexibility index (Phi) is 7.08. The number of rotatable bonds is 4. The normalized spacial score (nSPS) is 23.8. The summed E-state index contributed by atoms with van der Waals surface area (Å²) in [6.45, 7) is 10.2. The molecule has 6 nitrogen and oxygen atoms in total. The number of hydrogen-bond acceptors (Lipinski definition) is 5. The Morgan fingerprint density at radius 1 is 1.43 bits per heavy atom. The molecule has 0 aromatic carbocycles. The van der Waals surface area contributed by atoms with E-state index in [0.717, 1.165) is 56.1 Å². The van der Waals surface area contributed by atoms with Crippen molar-refractivity contribution in [2.24, 2.45) is 5.41 Å². The molecule has 1 N–H and O–H groups in total. The van der Waals surface area contributed by atoms with Gasteiger partial charge in [0.25, 0.3) is 0 Å². The van der Waals surface area contributed by atoms with Gasteiger partial charge >= 0.3 is 12.1 Å². The molecule has 2 saturated heterocycles. The maximum atomic E-state index is 12.6. The number of β-lactam (4-membered cyclic amide) rings is 1. The second-order valence-electron chi connectivity index (χ2n) is 7.45. The molecule has 0 aliphatic carbocycles. The molecule has 2 unspecified atom stereocenters. The van der Waals surface area contributed by atoms with Gasteiger partial charge in [-0.25, -0.2) is 9.78 Å². The van der Waals surface area contributed by atoms with E-state index in [9.17, 15) is 18.0 Å². The van der Waals surface area contributed by atoms with Gasteiger partial charge in [-0.2, -0.15) is 13.2 Å². The zero-order valence-electron chi connectivity index (χ0n) is 16.3. The van der Waals surface area contributed by atoms with Crippen LogP contribution in [0.15, 0.2) is 5.38 Å². The first-order valence-electron chi connectivity index (χ1n) is 9.23. The monoisotopic (exact) mass is 421 g/mol. The van der Waals surface area contributed by atoms with Crippen molar-refractivity contribution in [2.45, 2.75) is 58.8 Å². The Balaban J connectivity index is 0.000000345. The van der Waals surface area contributed by atoms with Crippen molar-refractivity contribution in [3.05, 3.63) is 16.1 Å². The van der Waals surface area contributed by atoms with E-state index in [1.807, 2.05) is 6.92 Å². The molecule has 3 rings (SSSR count). The van der Waals surface area contributed by atoms with Gasteiger partial charge in [0.15, 0.2) is 0 Å². The van der Waals surface area contributed by atoms with Gasteiger partial charge in [-0.1, -0.05) is 6.92 Å². The van der Waals surface area contributed by atoms with Crippen LogP contribution in [0.5, 0.6) is 0 Å². The second kappa shape index (κ2) is 8.77. The molecule has 2 aliphatic rings. The number of aryl methyl sites for hydroxylation is 1. The van der Waals surface area contributed by atoms with E-state index in [2.05, 4.69) is 34.0 Å². The van der Waals surface area contributed by atoms with E-state index >= 15 is 0 Å². The summed E-state index contributed by atoms with van der Waals surface area (Å²) in [6, 6.07) is 0.389. The minimum absolute atomic E-state index is 0.0905. The van der Waals surface area contributed by atoms with E-state index < -0.39 is 12.1 Å². The molecule has 1 spiro atoms. The number of carboxylic acid groups (broad SMARTS) is 1. The number of amides is 1. The van der Waals surface area contributed by atoms with Crippen molar-refractivity contribution in [1.82, 2.24) is 14.8 Å². The number of halogens is 3. The van der Waals surface area contributed by atoms with Gasteiger partial charge in [-0.3, -0.25) is 9.69 Å². The molecule has 0 radical (unpaired) electrons. The first-order valence-corrected chi connectivity index (χ1v) is 10.1. The highest BCUT2D eigenvalue weighted by Crippen LogP contribution is 2.42. The fourth-order valence-electron chi connectivity index (χ4n) is 3.63. The second-order valence-corrected chi connectivity index (χ2v) is 8.51. The predicted octanol–water partition coefficient (Wildman–Crippen LogP) is 3.31. The summed E-state index contributed by atoms with van der Waals surface area (Å²) in [4.78, 5) is 30.6. The number of likely N-dealkylation sites (tertiary alicyclic amines) is 2. The zero-order valence-corrected chi connectivity index (χ0v) is 17.1. The lowest BCUT2D eigenvalue weighted by Crippen LogP contribution is -2.68. The third-order valence-electron chi connectivity index (χ3n) is 5.26. The van der Waals surface area contributed by atoms with E-state index in [-0.39, 0.29) is 5.41 Å². The lowest BCUT2D eigenvalue weighted by atomic mass is 9.71. The molecule has 158 valence electrons. The fraction of sp³-hybridized carbons (Fsp3) is 0.722. The molecule has 28 heavy (non-hydrogen) atoms. The standard InChI is InChI=1S/C16H25N3OS.C2HF3O2/c1-4-12(2)19-11-16(15(19)20)6-5-7-18(10-16)8-14-9-21-13(3)17-14;3-2(4,5)1(6)7/h9,12H,4-8,10-11H2,1-3H3;(H,6,7). The number of aliphatic carboxylic acids is 1. The van der Waals surface area contributed by atoms with Crippen LogP contribution < -0.4 is 0 Å². The van der Waals surface area contributed by atoms with Crippen LogP contribution in [0.4, 0.5) is 13.2 Å². The zero-order chi connectivity index (χ0) is 21.1. The third kappa shape index (κ3) is 5.22. The molecular formula is C18H26F3N3O3S. The predicted molar refractivity (Wildman–Crippen MR) is 99.0 cm³/mol.